The molecule has 1 aromatic carbocycles. The summed E-state index contributed by atoms with van der Waals surface area (Å²) in [5, 5.41) is 1.43. The molecule has 0 saturated heterocycles. The molecule has 0 aliphatic carbocycles. The minimum atomic E-state index is 0.792. The van der Waals surface area contributed by atoms with Crippen molar-refractivity contribution in [2.24, 2.45) is 11.7 Å². The first-order chi connectivity index (χ1) is 9.72. The standard InChI is InChI=1S/C18H28N2/c1-15(2)8-7-13-20-14-16(9-5-6-12-19)17-10-3-4-11-18(17)20/h3-4,10-11,14-15H,5-9,12-13,19H2,1-2H3. The molecule has 2 rings (SSSR count). The fourth-order valence-electron chi connectivity index (χ4n) is 2.84. The van der Waals surface area contributed by atoms with Gasteiger partial charge in [-0.3, -0.25) is 0 Å². The van der Waals surface area contributed by atoms with Crippen LogP contribution in [0, 0.1) is 5.92 Å². The molecule has 0 bridgehead atoms. The highest BCUT2D eigenvalue weighted by Gasteiger charge is 2.07. The van der Waals surface area contributed by atoms with E-state index in [9.17, 15) is 0 Å². The Hall–Kier alpha value is -1.28. The van der Waals surface area contributed by atoms with Crippen molar-refractivity contribution in [2.75, 3.05) is 6.54 Å². The second-order valence-corrected chi connectivity index (χ2v) is 6.15. The Kier molecular flexibility index (Phi) is 5.66. The topological polar surface area (TPSA) is 30.9 Å². The summed E-state index contributed by atoms with van der Waals surface area (Å²) in [4.78, 5) is 0. The average Bonchev–Trinajstić information content (AvgIpc) is 2.78. The Balaban J connectivity index is 2.13. The number of nitrogens with zero attached hydrogens (tertiary/aromatic N) is 1. The Bertz CT molecular complexity index is 525. The van der Waals surface area contributed by atoms with Crippen molar-refractivity contribution in [3.8, 4) is 0 Å². The van der Waals surface area contributed by atoms with Gasteiger partial charge in [-0.05, 0) is 56.2 Å². The molecule has 2 N–H and O–H groups in total. The molecule has 0 saturated carbocycles. The normalized spacial score (nSPS) is 11.6. The highest BCUT2D eigenvalue weighted by molar-refractivity contribution is 5.83. The average molecular weight is 272 g/mol. The van der Waals surface area contributed by atoms with Gasteiger partial charge in [0.2, 0.25) is 0 Å². The molecule has 2 nitrogen and oxygen atoms in total. The van der Waals surface area contributed by atoms with Crippen molar-refractivity contribution in [3.63, 3.8) is 0 Å². The van der Waals surface area contributed by atoms with Crippen LogP contribution in [0.5, 0.6) is 0 Å². The number of rotatable bonds is 8. The van der Waals surface area contributed by atoms with Crippen molar-refractivity contribution in [1.82, 2.24) is 4.57 Å². The number of fused-ring (bicyclic) bond motifs is 1. The first-order valence-corrected chi connectivity index (χ1v) is 7.99. The van der Waals surface area contributed by atoms with Crippen LogP contribution >= 0.6 is 0 Å². The fourth-order valence-corrected chi connectivity index (χ4v) is 2.84. The summed E-state index contributed by atoms with van der Waals surface area (Å²) >= 11 is 0. The van der Waals surface area contributed by atoms with E-state index in [-0.39, 0.29) is 0 Å². The third-order valence-corrected chi connectivity index (χ3v) is 3.95. The summed E-state index contributed by atoms with van der Waals surface area (Å²) < 4.78 is 2.44. The van der Waals surface area contributed by atoms with Crippen LogP contribution in [-0.4, -0.2) is 11.1 Å². The van der Waals surface area contributed by atoms with E-state index in [4.69, 9.17) is 5.73 Å². The molecule has 0 amide bonds. The molecular weight excluding hydrogens is 244 g/mol. The zero-order valence-corrected chi connectivity index (χ0v) is 12.9. The second kappa shape index (κ2) is 7.49. The molecule has 2 heteroatoms. The van der Waals surface area contributed by atoms with Crippen molar-refractivity contribution >= 4 is 10.9 Å². The highest BCUT2D eigenvalue weighted by Crippen LogP contribution is 2.23. The van der Waals surface area contributed by atoms with Gasteiger partial charge in [-0.2, -0.15) is 0 Å². The first kappa shape index (κ1) is 15.1. The van der Waals surface area contributed by atoms with Crippen LogP contribution in [0.4, 0.5) is 0 Å². The van der Waals surface area contributed by atoms with Gasteiger partial charge in [0, 0.05) is 23.6 Å². The van der Waals surface area contributed by atoms with E-state index in [1.54, 1.807) is 0 Å². The van der Waals surface area contributed by atoms with Crippen molar-refractivity contribution < 1.29 is 0 Å². The number of benzene rings is 1. The van der Waals surface area contributed by atoms with Gasteiger partial charge in [-0.1, -0.05) is 32.0 Å². The summed E-state index contributed by atoms with van der Waals surface area (Å²) in [6.45, 7) is 6.53. The maximum Gasteiger partial charge on any atom is 0.0483 e. The predicted octanol–water partition coefficient (Wildman–Crippen LogP) is 4.36. The van der Waals surface area contributed by atoms with Crippen LogP contribution in [0.15, 0.2) is 30.5 Å². The molecule has 0 atom stereocenters. The summed E-state index contributed by atoms with van der Waals surface area (Å²) in [7, 11) is 0. The number of unbranched alkanes of at least 4 members (excludes halogenated alkanes) is 1. The second-order valence-electron chi connectivity index (χ2n) is 6.15. The minimum Gasteiger partial charge on any atom is -0.347 e. The maximum atomic E-state index is 5.60. The van der Waals surface area contributed by atoms with Crippen molar-refractivity contribution in [3.05, 3.63) is 36.0 Å². The third kappa shape index (κ3) is 3.86. The van der Waals surface area contributed by atoms with E-state index in [2.05, 4.69) is 48.9 Å². The van der Waals surface area contributed by atoms with Gasteiger partial charge in [0.25, 0.3) is 0 Å². The molecule has 0 aliphatic heterocycles. The largest absolute Gasteiger partial charge is 0.347 e. The maximum absolute atomic E-state index is 5.60. The van der Waals surface area contributed by atoms with Gasteiger partial charge in [-0.25, -0.2) is 0 Å². The summed E-state index contributed by atoms with van der Waals surface area (Å²) in [6, 6.07) is 8.79. The van der Waals surface area contributed by atoms with Crippen LogP contribution < -0.4 is 5.73 Å². The molecule has 110 valence electrons. The van der Waals surface area contributed by atoms with E-state index < -0.39 is 0 Å². The van der Waals surface area contributed by atoms with E-state index in [1.807, 2.05) is 0 Å². The van der Waals surface area contributed by atoms with E-state index in [1.165, 1.54) is 35.7 Å². The zero-order valence-electron chi connectivity index (χ0n) is 12.9. The molecule has 0 aliphatic rings. The summed E-state index contributed by atoms with van der Waals surface area (Å²) in [5.41, 5.74) is 8.47. The molecule has 0 unspecified atom stereocenters. The van der Waals surface area contributed by atoms with Crippen LogP contribution in [0.3, 0.4) is 0 Å². The van der Waals surface area contributed by atoms with Gasteiger partial charge >= 0.3 is 0 Å². The number of para-hydroxylation sites is 1. The van der Waals surface area contributed by atoms with Gasteiger partial charge in [0.15, 0.2) is 0 Å². The van der Waals surface area contributed by atoms with E-state index >= 15 is 0 Å². The van der Waals surface area contributed by atoms with E-state index in [0.29, 0.717) is 0 Å². The van der Waals surface area contributed by atoms with Crippen LogP contribution in [0.1, 0.15) is 45.1 Å². The molecular formula is C18H28N2. The fraction of sp³-hybridized carbons (Fsp3) is 0.556. The molecule has 0 fully saturated rings. The van der Waals surface area contributed by atoms with Crippen molar-refractivity contribution in [2.45, 2.75) is 52.5 Å². The lowest BCUT2D eigenvalue weighted by Gasteiger charge is -2.07. The predicted molar refractivity (Wildman–Crippen MR) is 88.0 cm³/mol. The van der Waals surface area contributed by atoms with E-state index in [0.717, 1.165) is 31.8 Å². The Morgan fingerprint density at radius 3 is 2.65 bits per heavy atom. The number of aromatic nitrogens is 1. The third-order valence-electron chi connectivity index (χ3n) is 3.95. The smallest absolute Gasteiger partial charge is 0.0483 e. The SMILES string of the molecule is CC(C)CCCn1cc(CCCCN)c2ccccc21. The van der Waals surface area contributed by atoms with Crippen LogP contribution in [0.25, 0.3) is 10.9 Å². The van der Waals surface area contributed by atoms with Gasteiger partial charge in [0.05, 0.1) is 0 Å². The van der Waals surface area contributed by atoms with Crippen LogP contribution in [-0.2, 0) is 13.0 Å². The lowest BCUT2D eigenvalue weighted by atomic mass is 10.1. The number of nitrogens with two attached hydrogens (primary N) is 1. The first-order valence-electron chi connectivity index (χ1n) is 7.99. The Morgan fingerprint density at radius 1 is 1.10 bits per heavy atom. The van der Waals surface area contributed by atoms with Gasteiger partial charge in [0.1, 0.15) is 0 Å². The molecule has 1 aromatic heterocycles. The van der Waals surface area contributed by atoms with Crippen molar-refractivity contribution in [1.29, 1.82) is 0 Å². The molecule has 0 spiro atoms. The number of hydrogen-bond donors (Lipinski definition) is 1. The molecule has 1 heterocycles. The lowest BCUT2D eigenvalue weighted by molar-refractivity contribution is 0.517. The summed E-state index contributed by atoms with van der Waals surface area (Å²) in [5.74, 6) is 0.792. The molecule has 20 heavy (non-hydrogen) atoms. The van der Waals surface area contributed by atoms with Gasteiger partial charge in [-0.15, -0.1) is 0 Å². The minimum absolute atomic E-state index is 0.792. The number of aryl methyl sites for hydroxylation is 2. The Morgan fingerprint density at radius 2 is 1.90 bits per heavy atom. The lowest BCUT2D eigenvalue weighted by Crippen LogP contribution is -1.99. The zero-order chi connectivity index (χ0) is 14.4. The quantitative estimate of drug-likeness (QED) is 0.711. The monoisotopic (exact) mass is 272 g/mol. The van der Waals surface area contributed by atoms with Gasteiger partial charge < -0.3 is 10.3 Å². The molecule has 2 aromatic rings. The highest BCUT2D eigenvalue weighted by atomic mass is 15.0. The Labute approximate surface area is 123 Å². The van der Waals surface area contributed by atoms with Crippen LogP contribution in [0.2, 0.25) is 0 Å². The summed E-state index contributed by atoms with van der Waals surface area (Å²) in [6.07, 6.45) is 8.38. The number of hydrogen-bond acceptors (Lipinski definition) is 1. The molecule has 0 radical (unpaired) electrons.